The first kappa shape index (κ1) is 25.6. The summed E-state index contributed by atoms with van der Waals surface area (Å²) in [4.78, 5) is 30.8. The molecular formula is C32H27N5O2S. The van der Waals surface area contributed by atoms with Crippen molar-refractivity contribution < 1.29 is 4.79 Å². The van der Waals surface area contributed by atoms with Crippen LogP contribution in [-0.4, -0.2) is 32.0 Å². The van der Waals surface area contributed by atoms with E-state index >= 15 is 0 Å². The van der Waals surface area contributed by atoms with Crippen LogP contribution in [0.3, 0.4) is 0 Å². The fraction of sp³-hybridized carbons (Fsp3) is 0.125. The number of hydrogen-bond donors (Lipinski definition) is 1. The van der Waals surface area contributed by atoms with Gasteiger partial charge in [0.2, 0.25) is 0 Å². The third-order valence-electron chi connectivity index (χ3n) is 6.88. The number of aryl methyl sites for hydroxylation is 2. The first-order valence-corrected chi connectivity index (χ1v) is 14.1. The van der Waals surface area contributed by atoms with E-state index in [1.165, 1.54) is 28.2 Å². The van der Waals surface area contributed by atoms with E-state index in [1.54, 1.807) is 22.9 Å². The predicted octanol–water partition coefficient (Wildman–Crippen LogP) is 6.06. The van der Waals surface area contributed by atoms with Crippen LogP contribution in [0.25, 0.3) is 38.4 Å². The summed E-state index contributed by atoms with van der Waals surface area (Å²) in [5, 5.41) is 7.51. The number of hydrazone groups is 1. The average molecular weight is 546 g/mol. The lowest BCUT2D eigenvalue weighted by atomic mass is 10.1. The maximum atomic E-state index is 13.4. The molecule has 7 nitrogen and oxygen atoms in total. The van der Waals surface area contributed by atoms with E-state index in [9.17, 15) is 9.59 Å². The number of fused-ring (bicyclic) bond motifs is 4. The van der Waals surface area contributed by atoms with Gasteiger partial charge in [0.1, 0.15) is 0 Å². The summed E-state index contributed by atoms with van der Waals surface area (Å²) in [6.45, 7) is 5.02. The van der Waals surface area contributed by atoms with Gasteiger partial charge in [-0.1, -0.05) is 65.9 Å². The Labute approximate surface area is 235 Å². The van der Waals surface area contributed by atoms with Gasteiger partial charge >= 0.3 is 0 Å². The van der Waals surface area contributed by atoms with Gasteiger partial charge in [-0.05, 0) is 61.9 Å². The Kier molecular flexibility index (Phi) is 6.92. The molecule has 0 aliphatic rings. The number of carbonyl (C=O) groups is 1. The quantitative estimate of drug-likeness (QED) is 0.114. The zero-order chi connectivity index (χ0) is 27.6. The van der Waals surface area contributed by atoms with E-state index in [4.69, 9.17) is 4.98 Å². The first-order valence-electron chi connectivity index (χ1n) is 13.1. The molecule has 0 saturated carbocycles. The number of para-hydroxylation sites is 2. The van der Waals surface area contributed by atoms with E-state index in [0.717, 1.165) is 23.1 Å². The molecule has 198 valence electrons. The van der Waals surface area contributed by atoms with Crippen molar-refractivity contribution in [2.24, 2.45) is 5.10 Å². The molecule has 0 bridgehead atoms. The Morgan fingerprint density at radius 1 is 0.925 bits per heavy atom. The van der Waals surface area contributed by atoms with Crippen molar-refractivity contribution in [1.82, 2.24) is 19.5 Å². The van der Waals surface area contributed by atoms with E-state index in [0.29, 0.717) is 21.7 Å². The number of nitrogens with zero attached hydrogens (tertiary/aromatic N) is 4. The Morgan fingerprint density at radius 3 is 2.45 bits per heavy atom. The zero-order valence-electron chi connectivity index (χ0n) is 22.2. The number of rotatable bonds is 7. The second-order valence-electron chi connectivity index (χ2n) is 9.51. The molecule has 0 aliphatic carbocycles. The maximum Gasteiger partial charge on any atom is 0.266 e. The van der Waals surface area contributed by atoms with Gasteiger partial charge in [-0.2, -0.15) is 5.10 Å². The van der Waals surface area contributed by atoms with Crippen molar-refractivity contribution in [1.29, 1.82) is 0 Å². The normalized spacial score (nSPS) is 11.7. The van der Waals surface area contributed by atoms with Crippen molar-refractivity contribution in [2.75, 3.05) is 5.75 Å². The molecule has 0 saturated heterocycles. The van der Waals surface area contributed by atoms with Crippen LogP contribution in [0.5, 0.6) is 0 Å². The molecule has 2 heterocycles. The highest BCUT2D eigenvalue weighted by molar-refractivity contribution is 7.99. The SMILES string of the molecule is CCn1c2ccccc2c2cc(/C=N\NC(=O)CSc3nc4ccccc4c(=O)n3-c3ccc(C)cc3)ccc21. The molecule has 1 N–H and O–H groups in total. The van der Waals surface area contributed by atoms with Crippen LogP contribution < -0.4 is 11.0 Å². The third-order valence-corrected chi connectivity index (χ3v) is 7.82. The average Bonchev–Trinajstić information content (AvgIpc) is 3.30. The van der Waals surface area contributed by atoms with Crippen molar-refractivity contribution in [3.8, 4) is 5.69 Å². The minimum absolute atomic E-state index is 0.0526. The maximum absolute atomic E-state index is 13.4. The van der Waals surface area contributed by atoms with Crippen molar-refractivity contribution in [2.45, 2.75) is 25.5 Å². The van der Waals surface area contributed by atoms with E-state index in [-0.39, 0.29) is 17.2 Å². The van der Waals surface area contributed by atoms with Crippen molar-refractivity contribution >= 4 is 56.6 Å². The van der Waals surface area contributed by atoms with Crippen LogP contribution in [0.4, 0.5) is 0 Å². The molecule has 0 fully saturated rings. The van der Waals surface area contributed by atoms with E-state index in [1.807, 2.05) is 55.5 Å². The van der Waals surface area contributed by atoms with Gasteiger partial charge in [-0.15, -0.1) is 0 Å². The van der Waals surface area contributed by atoms with E-state index in [2.05, 4.69) is 52.3 Å². The van der Waals surface area contributed by atoms with Gasteiger partial charge in [-0.25, -0.2) is 10.4 Å². The summed E-state index contributed by atoms with van der Waals surface area (Å²) in [6.07, 6.45) is 1.65. The molecule has 40 heavy (non-hydrogen) atoms. The summed E-state index contributed by atoms with van der Waals surface area (Å²) in [6, 6.07) is 29.4. The number of amides is 1. The predicted molar refractivity (Wildman–Crippen MR) is 164 cm³/mol. The highest BCUT2D eigenvalue weighted by Gasteiger charge is 2.15. The lowest BCUT2D eigenvalue weighted by molar-refractivity contribution is -0.118. The largest absolute Gasteiger partial charge is 0.341 e. The van der Waals surface area contributed by atoms with Gasteiger partial charge < -0.3 is 4.57 Å². The number of aromatic nitrogens is 3. The van der Waals surface area contributed by atoms with Gasteiger partial charge in [-0.3, -0.25) is 14.2 Å². The number of carbonyl (C=O) groups excluding carboxylic acids is 1. The zero-order valence-corrected chi connectivity index (χ0v) is 23.0. The Balaban J connectivity index is 1.21. The number of nitrogens with one attached hydrogen (secondary N) is 1. The second-order valence-corrected chi connectivity index (χ2v) is 10.4. The standard InChI is InChI=1S/C32H27N5O2S/c1-3-36-28-11-7-5-8-24(28)26-18-22(14-17-29(26)36)19-33-35-30(38)20-40-32-34-27-10-6-4-9-25(27)31(39)37(32)23-15-12-21(2)13-16-23/h4-19H,3,20H2,1-2H3,(H,35,38)/b33-19-. The van der Waals surface area contributed by atoms with Crippen LogP contribution in [0.1, 0.15) is 18.1 Å². The smallest absolute Gasteiger partial charge is 0.266 e. The Morgan fingerprint density at radius 2 is 1.65 bits per heavy atom. The molecule has 4 aromatic carbocycles. The first-order chi connectivity index (χ1) is 19.5. The summed E-state index contributed by atoms with van der Waals surface area (Å²) in [5.41, 5.74) is 8.09. The van der Waals surface area contributed by atoms with Crippen LogP contribution >= 0.6 is 11.8 Å². The Hall–Kier alpha value is -4.69. The fourth-order valence-corrected chi connectivity index (χ4v) is 5.77. The molecule has 6 aromatic rings. The second kappa shape index (κ2) is 10.8. The van der Waals surface area contributed by atoms with Crippen molar-refractivity contribution in [3.05, 3.63) is 112 Å². The van der Waals surface area contributed by atoms with Crippen LogP contribution in [0.15, 0.2) is 106 Å². The molecule has 2 aromatic heterocycles. The third kappa shape index (κ3) is 4.78. The number of thioether (sulfide) groups is 1. The topological polar surface area (TPSA) is 81.3 Å². The van der Waals surface area contributed by atoms with Crippen LogP contribution in [0.2, 0.25) is 0 Å². The molecule has 0 atom stereocenters. The summed E-state index contributed by atoms with van der Waals surface area (Å²) < 4.78 is 3.85. The minimum Gasteiger partial charge on any atom is -0.341 e. The van der Waals surface area contributed by atoms with Gasteiger partial charge in [0.05, 0.1) is 28.6 Å². The summed E-state index contributed by atoms with van der Waals surface area (Å²) in [5.74, 6) is -0.237. The lowest BCUT2D eigenvalue weighted by Gasteiger charge is -2.13. The lowest BCUT2D eigenvalue weighted by Crippen LogP contribution is -2.24. The van der Waals surface area contributed by atoms with Gasteiger partial charge in [0.15, 0.2) is 5.16 Å². The molecular weight excluding hydrogens is 518 g/mol. The molecule has 1 amide bonds. The van der Waals surface area contributed by atoms with Crippen LogP contribution in [0, 0.1) is 6.92 Å². The van der Waals surface area contributed by atoms with Gasteiger partial charge in [0.25, 0.3) is 11.5 Å². The molecule has 0 radical (unpaired) electrons. The fourth-order valence-electron chi connectivity index (χ4n) is 4.96. The minimum atomic E-state index is -0.289. The monoisotopic (exact) mass is 545 g/mol. The molecule has 8 heteroatoms. The van der Waals surface area contributed by atoms with Gasteiger partial charge in [0, 0.05) is 28.4 Å². The van der Waals surface area contributed by atoms with Crippen LogP contribution in [-0.2, 0) is 11.3 Å². The van der Waals surface area contributed by atoms with Crippen molar-refractivity contribution in [3.63, 3.8) is 0 Å². The summed E-state index contributed by atoms with van der Waals surface area (Å²) >= 11 is 1.20. The molecule has 0 unspecified atom stereocenters. The Bertz CT molecular complexity index is 1970. The highest BCUT2D eigenvalue weighted by Crippen LogP contribution is 2.29. The molecule has 0 spiro atoms. The van der Waals surface area contributed by atoms with E-state index < -0.39 is 0 Å². The molecule has 0 aliphatic heterocycles. The number of benzene rings is 4. The number of hydrogen-bond acceptors (Lipinski definition) is 5. The highest BCUT2D eigenvalue weighted by atomic mass is 32.2. The molecule has 6 rings (SSSR count). The summed E-state index contributed by atoms with van der Waals surface area (Å²) in [7, 11) is 0.